The molecule has 1 saturated heterocycles. The van der Waals surface area contributed by atoms with E-state index in [0.29, 0.717) is 0 Å². The lowest BCUT2D eigenvalue weighted by Gasteiger charge is -2.18. The molecule has 7 heteroatoms. The zero-order chi connectivity index (χ0) is 12.3. The Morgan fingerprint density at radius 2 is 1.65 bits per heavy atom. The van der Waals surface area contributed by atoms with Gasteiger partial charge in [0.1, 0.15) is 0 Å². The lowest BCUT2D eigenvalue weighted by atomic mass is 10.2. The van der Waals surface area contributed by atoms with Crippen LogP contribution < -0.4 is 0 Å². The summed E-state index contributed by atoms with van der Waals surface area (Å²) in [4.78, 5) is 24.4. The summed E-state index contributed by atoms with van der Waals surface area (Å²) in [5.41, 5.74) is 0. The highest BCUT2D eigenvalue weighted by atomic mass is 32.1. The van der Waals surface area contributed by atoms with E-state index in [4.69, 9.17) is 5.11 Å². The Hall–Kier alpha value is -1.50. The Morgan fingerprint density at radius 3 is 2.18 bits per heavy atom. The van der Waals surface area contributed by atoms with E-state index >= 15 is 0 Å². The number of carboxylic acid groups (broad SMARTS) is 1. The van der Waals surface area contributed by atoms with Gasteiger partial charge in [-0.25, -0.2) is 4.79 Å². The van der Waals surface area contributed by atoms with E-state index in [1.807, 2.05) is 0 Å². The predicted octanol–water partition coefficient (Wildman–Crippen LogP) is 1.25. The summed E-state index contributed by atoms with van der Waals surface area (Å²) >= 11 is 0.837. The van der Waals surface area contributed by atoms with E-state index in [0.717, 1.165) is 50.1 Å². The van der Waals surface area contributed by atoms with Crippen molar-refractivity contribution in [2.45, 2.75) is 25.7 Å². The van der Waals surface area contributed by atoms with Crippen molar-refractivity contribution < 1.29 is 14.7 Å². The molecule has 0 spiro atoms. The lowest BCUT2D eigenvalue weighted by molar-refractivity contribution is 0.0694. The molecule has 2 heterocycles. The molecule has 1 aliphatic heterocycles. The maximum Gasteiger partial charge on any atom is 0.367 e. The minimum absolute atomic E-state index is 0.136. The molecule has 0 saturated carbocycles. The average Bonchev–Trinajstić information content (AvgIpc) is 2.65. The van der Waals surface area contributed by atoms with Crippen LogP contribution in [0.15, 0.2) is 0 Å². The average molecular weight is 255 g/mol. The molecule has 6 nitrogen and oxygen atoms in total. The minimum atomic E-state index is -1.14. The third kappa shape index (κ3) is 2.79. The van der Waals surface area contributed by atoms with Crippen molar-refractivity contribution in [3.8, 4) is 0 Å². The van der Waals surface area contributed by atoms with Gasteiger partial charge in [0.25, 0.3) is 5.91 Å². The second kappa shape index (κ2) is 5.22. The van der Waals surface area contributed by atoms with Gasteiger partial charge in [0.2, 0.25) is 10.0 Å². The van der Waals surface area contributed by atoms with Crippen molar-refractivity contribution >= 4 is 23.2 Å². The van der Waals surface area contributed by atoms with Gasteiger partial charge in [-0.05, 0) is 12.8 Å². The monoisotopic (exact) mass is 255 g/mol. The number of carbonyl (C=O) groups excluding carboxylic acids is 1. The van der Waals surface area contributed by atoms with Crippen molar-refractivity contribution in [1.29, 1.82) is 0 Å². The molecule has 1 fully saturated rings. The van der Waals surface area contributed by atoms with Crippen LogP contribution in [0.1, 0.15) is 45.3 Å². The highest BCUT2D eigenvalue weighted by molar-refractivity contribution is 7.15. The molecule has 1 aromatic heterocycles. The Labute approximate surface area is 102 Å². The highest BCUT2D eigenvalue weighted by Crippen LogP contribution is 2.16. The molecule has 0 unspecified atom stereocenters. The minimum Gasteiger partial charge on any atom is -0.476 e. The zero-order valence-electron chi connectivity index (χ0n) is 9.26. The molecule has 17 heavy (non-hydrogen) atoms. The van der Waals surface area contributed by atoms with E-state index in [-0.39, 0.29) is 15.9 Å². The Kier molecular flexibility index (Phi) is 3.68. The molecule has 0 aliphatic carbocycles. The number of carbonyl (C=O) groups is 2. The van der Waals surface area contributed by atoms with Gasteiger partial charge in [-0.2, -0.15) is 0 Å². The van der Waals surface area contributed by atoms with Gasteiger partial charge >= 0.3 is 5.97 Å². The SMILES string of the molecule is O=C(O)c1nnc(C(=O)N2CCCCCC2)s1. The third-order valence-electron chi connectivity index (χ3n) is 2.68. The number of aromatic carboxylic acids is 1. The van der Waals surface area contributed by atoms with Crippen LogP contribution in [0, 0.1) is 0 Å². The van der Waals surface area contributed by atoms with Crippen molar-refractivity contribution in [2.75, 3.05) is 13.1 Å². The normalized spacial score (nSPS) is 16.6. The van der Waals surface area contributed by atoms with Crippen LogP contribution in [-0.4, -0.2) is 45.2 Å². The molecule has 0 bridgehead atoms. The van der Waals surface area contributed by atoms with E-state index in [1.165, 1.54) is 0 Å². The molecule has 0 atom stereocenters. The van der Waals surface area contributed by atoms with Gasteiger partial charge in [0.15, 0.2) is 0 Å². The summed E-state index contributed by atoms with van der Waals surface area (Å²) in [5.74, 6) is -1.34. The molecular formula is C10H13N3O3S. The van der Waals surface area contributed by atoms with Crippen molar-refractivity contribution in [3.05, 3.63) is 10.0 Å². The van der Waals surface area contributed by atoms with E-state index in [1.54, 1.807) is 4.90 Å². The first-order chi connectivity index (χ1) is 8.18. The van der Waals surface area contributed by atoms with Crippen LogP contribution in [0.3, 0.4) is 0 Å². The second-order valence-electron chi connectivity index (χ2n) is 3.92. The van der Waals surface area contributed by atoms with Gasteiger partial charge < -0.3 is 10.0 Å². The van der Waals surface area contributed by atoms with Crippen LogP contribution in [-0.2, 0) is 0 Å². The summed E-state index contributed by atoms with van der Waals surface area (Å²) in [6.45, 7) is 1.45. The Morgan fingerprint density at radius 1 is 1.06 bits per heavy atom. The van der Waals surface area contributed by atoms with Gasteiger partial charge in [0, 0.05) is 13.1 Å². The van der Waals surface area contributed by atoms with E-state index < -0.39 is 5.97 Å². The fraction of sp³-hybridized carbons (Fsp3) is 0.600. The first-order valence-corrected chi connectivity index (χ1v) is 6.36. The van der Waals surface area contributed by atoms with Gasteiger partial charge in [0.05, 0.1) is 0 Å². The number of hydrogen-bond acceptors (Lipinski definition) is 5. The number of rotatable bonds is 2. The summed E-state index contributed by atoms with van der Waals surface area (Å²) in [7, 11) is 0. The predicted molar refractivity (Wildman–Crippen MR) is 61.2 cm³/mol. The smallest absolute Gasteiger partial charge is 0.367 e. The van der Waals surface area contributed by atoms with E-state index in [2.05, 4.69) is 10.2 Å². The summed E-state index contributed by atoms with van der Waals surface area (Å²) in [6.07, 6.45) is 4.27. The third-order valence-corrected chi connectivity index (χ3v) is 3.58. The van der Waals surface area contributed by atoms with E-state index in [9.17, 15) is 9.59 Å². The van der Waals surface area contributed by atoms with Crippen LogP contribution in [0.5, 0.6) is 0 Å². The van der Waals surface area contributed by atoms with Gasteiger partial charge in [-0.3, -0.25) is 4.79 Å². The van der Waals surface area contributed by atoms with Crippen LogP contribution >= 0.6 is 11.3 Å². The first-order valence-electron chi connectivity index (χ1n) is 5.54. The topological polar surface area (TPSA) is 83.4 Å². The molecule has 2 rings (SSSR count). The molecule has 1 N–H and O–H groups in total. The van der Waals surface area contributed by atoms with Crippen LogP contribution in [0.2, 0.25) is 0 Å². The molecule has 0 radical (unpaired) electrons. The summed E-state index contributed by atoms with van der Waals surface area (Å²) in [6, 6.07) is 0. The number of likely N-dealkylation sites (tertiary alicyclic amines) is 1. The molecular weight excluding hydrogens is 242 g/mol. The molecule has 1 aromatic rings. The summed E-state index contributed by atoms with van der Waals surface area (Å²) < 4.78 is 0. The molecule has 0 aromatic carbocycles. The standard InChI is InChI=1S/C10H13N3O3S/c14-9(13-5-3-1-2-4-6-13)7-11-12-8(17-7)10(15)16/h1-6H2,(H,15,16). The van der Waals surface area contributed by atoms with Crippen molar-refractivity contribution in [3.63, 3.8) is 0 Å². The van der Waals surface area contributed by atoms with Crippen LogP contribution in [0.25, 0.3) is 0 Å². The fourth-order valence-electron chi connectivity index (χ4n) is 1.81. The highest BCUT2D eigenvalue weighted by Gasteiger charge is 2.22. The van der Waals surface area contributed by atoms with Gasteiger partial charge in [-0.15, -0.1) is 10.2 Å². The first kappa shape index (κ1) is 12.0. The number of aromatic nitrogens is 2. The number of amides is 1. The number of hydrogen-bond donors (Lipinski definition) is 1. The number of carboxylic acids is 1. The lowest BCUT2D eigenvalue weighted by Crippen LogP contribution is -2.31. The van der Waals surface area contributed by atoms with Crippen molar-refractivity contribution in [1.82, 2.24) is 15.1 Å². The van der Waals surface area contributed by atoms with Crippen LogP contribution in [0.4, 0.5) is 0 Å². The maximum atomic E-state index is 12.0. The fourth-order valence-corrected chi connectivity index (χ4v) is 2.46. The quantitative estimate of drug-likeness (QED) is 0.860. The maximum absolute atomic E-state index is 12.0. The zero-order valence-corrected chi connectivity index (χ0v) is 10.1. The molecule has 92 valence electrons. The summed E-state index contributed by atoms with van der Waals surface area (Å²) in [5, 5.41) is 15.9. The largest absolute Gasteiger partial charge is 0.476 e. The second-order valence-corrected chi connectivity index (χ2v) is 4.90. The van der Waals surface area contributed by atoms with Gasteiger partial charge in [-0.1, -0.05) is 24.2 Å². The molecule has 1 amide bonds. The molecule has 1 aliphatic rings. The number of nitrogens with zero attached hydrogens (tertiary/aromatic N) is 3. The Bertz CT molecular complexity index is 424. The Balaban J connectivity index is 2.09. The van der Waals surface area contributed by atoms with Crippen molar-refractivity contribution in [2.24, 2.45) is 0 Å².